The average Bonchev–Trinajstić information content (AvgIpc) is 3.31. The zero-order valence-electron chi connectivity index (χ0n) is 15.5. The summed E-state index contributed by atoms with van der Waals surface area (Å²) in [6.45, 7) is 1.91. The Kier molecular flexibility index (Phi) is 4.28. The van der Waals surface area contributed by atoms with E-state index < -0.39 is 0 Å². The Labute approximate surface area is 170 Å². The molecule has 0 atom stereocenters. The Morgan fingerprint density at radius 1 is 1.07 bits per heavy atom. The first-order valence-electron chi connectivity index (χ1n) is 9.01. The number of para-hydroxylation sites is 2. The van der Waals surface area contributed by atoms with Gasteiger partial charge in [-0.3, -0.25) is 0 Å². The number of nitrogens with zero attached hydrogens (tertiary/aromatic N) is 5. The lowest BCUT2D eigenvalue weighted by molar-refractivity contribution is 0.475. The molecule has 0 unspecified atom stereocenters. The van der Waals surface area contributed by atoms with Crippen LogP contribution in [0.3, 0.4) is 0 Å². The van der Waals surface area contributed by atoms with Crippen LogP contribution in [0.2, 0.25) is 0 Å². The number of thioether (sulfide) groups is 1. The number of phenolic OH excluding ortho intramolecular Hbond substituents is 1. The third kappa shape index (κ3) is 3.59. The number of aromatic nitrogens is 6. The molecule has 0 bridgehead atoms. The van der Waals surface area contributed by atoms with E-state index >= 15 is 0 Å². The van der Waals surface area contributed by atoms with E-state index in [1.807, 2.05) is 37.3 Å². The number of hydrogen-bond donors (Lipinski definition) is 3. The van der Waals surface area contributed by atoms with Crippen LogP contribution in [0.5, 0.6) is 5.75 Å². The Hall–Kier alpha value is -3.59. The van der Waals surface area contributed by atoms with E-state index in [0.29, 0.717) is 16.7 Å². The first kappa shape index (κ1) is 17.5. The summed E-state index contributed by atoms with van der Waals surface area (Å²) in [5.41, 5.74) is 3.63. The molecule has 0 aliphatic heterocycles. The molecule has 0 aliphatic carbocycles. The van der Waals surface area contributed by atoms with Crippen LogP contribution in [0.15, 0.2) is 59.8 Å². The third-order valence-electron chi connectivity index (χ3n) is 4.34. The van der Waals surface area contributed by atoms with Crippen molar-refractivity contribution in [3.8, 4) is 5.75 Å². The van der Waals surface area contributed by atoms with E-state index in [1.165, 1.54) is 11.8 Å². The van der Waals surface area contributed by atoms with Gasteiger partial charge in [-0.25, -0.2) is 9.97 Å². The second kappa shape index (κ2) is 7.10. The van der Waals surface area contributed by atoms with Crippen LogP contribution >= 0.6 is 11.8 Å². The molecule has 3 N–H and O–H groups in total. The summed E-state index contributed by atoms with van der Waals surface area (Å²) in [5, 5.41) is 18.0. The van der Waals surface area contributed by atoms with Crippen LogP contribution in [0.4, 0.5) is 11.5 Å². The SMILES string of the molecule is Cc1cc(Nc2ccc(O)cc2)n2nc(SCc3nc4ccccc4[nH]3)nc2n1. The quantitative estimate of drug-likeness (QED) is 0.300. The van der Waals surface area contributed by atoms with Crippen molar-refractivity contribution in [3.63, 3.8) is 0 Å². The number of aromatic amines is 1. The molecule has 0 radical (unpaired) electrons. The summed E-state index contributed by atoms with van der Waals surface area (Å²) in [4.78, 5) is 16.9. The van der Waals surface area contributed by atoms with Crippen LogP contribution in [0, 0.1) is 6.92 Å². The van der Waals surface area contributed by atoms with E-state index in [-0.39, 0.29) is 5.75 Å². The fourth-order valence-electron chi connectivity index (χ4n) is 3.02. The lowest BCUT2D eigenvalue weighted by atomic mass is 10.3. The molecular formula is C20H17N7OS. The minimum Gasteiger partial charge on any atom is -0.508 e. The van der Waals surface area contributed by atoms with Crippen molar-refractivity contribution < 1.29 is 5.11 Å². The molecule has 0 amide bonds. The maximum absolute atomic E-state index is 9.47. The van der Waals surface area contributed by atoms with Gasteiger partial charge in [0.25, 0.3) is 5.78 Å². The number of rotatable bonds is 5. The van der Waals surface area contributed by atoms with Crippen molar-refractivity contribution in [3.05, 3.63) is 66.1 Å². The van der Waals surface area contributed by atoms with Crippen molar-refractivity contribution in [1.82, 2.24) is 29.5 Å². The van der Waals surface area contributed by atoms with Gasteiger partial charge in [0.1, 0.15) is 17.4 Å². The monoisotopic (exact) mass is 403 g/mol. The van der Waals surface area contributed by atoms with Gasteiger partial charge < -0.3 is 15.4 Å². The molecule has 8 nitrogen and oxygen atoms in total. The number of H-pyrrole nitrogens is 1. The summed E-state index contributed by atoms with van der Waals surface area (Å²) in [6, 6.07) is 16.7. The predicted molar refractivity (Wildman–Crippen MR) is 113 cm³/mol. The Balaban J connectivity index is 1.41. The average molecular weight is 403 g/mol. The Morgan fingerprint density at radius 2 is 1.90 bits per heavy atom. The highest BCUT2D eigenvalue weighted by molar-refractivity contribution is 7.98. The molecule has 5 aromatic rings. The second-order valence-corrected chi connectivity index (χ2v) is 7.49. The standard InChI is InChI=1S/C20H17N7OS/c1-12-10-18(22-13-6-8-14(28)9-7-13)27-19(21-12)25-20(26-27)29-11-17-23-15-4-2-3-5-16(15)24-17/h2-10,22,28H,11H2,1H3,(H,23,24). The van der Waals surface area contributed by atoms with Crippen molar-refractivity contribution in [1.29, 1.82) is 0 Å². The van der Waals surface area contributed by atoms with Gasteiger partial charge in [0.2, 0.25) is 5.16 Å². The van der Waals surface area contributed by atoms with E-state index in [2.05, 4.69) is 30.4 Å². The highest BCUT2D eigenvalue weighted by atomic mass is 32.2. The summed E-state index contributed by atoms with van der Waals surface area (Å²) < 4.78 is 1.68. The van der Waals surface area contributed by atoms with Gasteiger partial charge in [0.15, 0.2) is 0 Å². The van der Waals surface area contributed by atoms with Crippen LogP contribution in [-0.4, -0.2) is 34.7 Å². The second-order valence-electron chi connectivity index (χ2n) is 6.55. The normalized spacial score (nSPS) is 11.3. The van der Waals surface area contributed by atoms with Crippen molar-refractivity contribution >= 4 is 40.1 Å². The largest absolute Gasteiger partial charge is 0.508 e. The van der Waals surface area contributed by atoms with E-state index in [9.17, 15) is 5.11 Å². The number of hydrogen-bond acceptors (Lipinski definition) is 7. The molecule has 0 saturated carbocycles. The van der Waals surface area contributed by atoms with E-state index in [4.69, 9.17) is 0 Å². The molecule has 5 rings (SSSR count). The summed E-state index contributed by atoms with van der Waals surface area (Å²) in [6.07, 6.45) is 0. The molecule has 29 heavy (non-hydrogen) atoms. The fraction of sp³-hybridized carbons (Fsp3) is 0.100. The maximum Gasteiger partial charge on any atom is 0.255 e. The lowest BCUT2D eigenvalue weighted by Gasteiger charge is -2.08. The Bertz CT molecular complexity index is 1280. The molecule has 9 heteroatoms. The van der Waals surface area contributed by atoms with Crippen molar-refractivity contribution in [2.45, 2.75) is 17.8 Å². The van der Waals surface area contributed by atoms with Crippen LogP contribution in [0.25, 0.3) is 16.8 Å². The first-order chi connectivity index (χ1) is 14.1. The lowest BCUT2D eigenvalue weighted by Crippen LogP contribution is -2.02. The smallest absolute Gasteiger partial charge is 0.255 e. The summed E-state index contributed by atoms with van der Waals surface area (Å²) in [5.74, 6) is 3.00. The number of fused-ring (bicyclic) bond motifs is 2. The molecule has 0 spiro atoms. The van der Waals surface area contributed by atoms with Gasteiger partial charge >= 0.3 is 0 Å². The zero-order valence-corrected chi connectivity index (χ0v) is 16.3. The molecule has 144 valence electrons. The van der Waals surface area contributed by atoms with Crippen LogP contribution < -0.4 is 5.32 Å². The maximum atomic E-state index is 9.47. The van der Waals surface area contributed by atoms with E-state index in [1.54, 1.807) is 28.8 Å². The Morgan fingerprint density at radius 3 is 2.72 bits per heavy atom. The van der Waals surface area contributed by atoms with Gasteiger partial charge in [-0.05, 0) is 43.3 Å². The topological polar surface area (TPSA) is 104 Å². The number of benzene rings is 2. The number of aryl methyl sites for hydroxylation is 1. The zero-order chi connectivity index (χ0) is 19.8. The van der Waals surface area contributed by atoms with Gasteiger partial charge in [-0.2, -0.15) is 9.50 Å². The summed E-state index contributed by atoms with van der Waals surface area (Å²) in [7, 11) is 0. The molecule has 0 fully saturated rings. The molecule has 3 heterocycles. The van der Waals surface area contributed by atoms with Crippen molar-refractivity contribution in [2.24, 2.45) is 0 Å². The van der Waals surface area contributed by atoms with Crippen LogP contribution in [-0.2, 0) is 5.75 Å². The molecular weight excluding hydrogens is 386 g/mol. The first-order valence-corrected chi connectivity index (χ1v) is 9.99. The molecule has 0 saturated heterocycles. The fourth-order valence-corrected chi connectivity index (χ4v) is 3.71. The van der Waals surface area contributed by atoms with Gasteiger partial charge in [-0.15, -0.1) is 5.10 Å². The van der Waals surface area contributed by atoms with Gasteiger partial charge in [0, 0.05) is 17.4 Å². The van der Waals surface area contributed by atoms with Gasteiger partial charge in [0.05, 0.1) is 16.8 Å². The predicted octanol–water partition coefficient (Wildman–Crippen LogP) is 4.05. The molecule has 0 aliphatic rings. The number of nitrogens with one attached hydrogen (secondary N) is 2. The minimum absolute atomic E-state index is 0.219. The molecule has 3 aromatic heterocycles. The number of imidazole rings is 1. The van der Waals surface area contributed by atoms with E-state index in [0.717, 1.165) is 34.1 Å². The van der Waals surface area contributed by atoms with Crippen LogP contribution in [0.1, 0.15) is 11.5 Å². The highest BCUT2D eigenvalue weighted by Crippen LogP contribution is 2.24. The molecule has 2 aromatic carbocycles. The number of phenols is 1. The highest BCUT2D eigenvalue weighted by Gasteiger charge is 2.12. The number of aromatic hydroxyl groups is 1. The van der Waals surface area contributed by atoms with Crippen molar-refractivity contribution in [2.75, 3.05) is 5.32 Å². The van der Waals surface area contributed by atoms with Gasteiger partial charge in [-0.1, -0.05) is 23.9 Å². The minimum atomic E-state index is 0.219. The summed E-state index contributed by atoms with van der Waals surface area (Å²) >= 11 is 1.50. The number of anilines is 2. The third-order valence-corrected chi connectivity index (χ3v) is 5.19.